The molecule has 6 heteroatoms. The average Bonchev–Trinajstić information content (AvgIpc) is 2.95. The van der Waals surface area contributed by atoms with Crippen LogP contribution in [0.2, 0.25) is 0 Å². The smallest absolute Gasteiger partial charge is 0.225 e. The highest BCUT2D eigenvalue weighted by atomic mass is 16.2. The van der Waals surface area contributed by atoms with E-state index in [1.807, 2.05) is 6.07 Å². The van der Waals surface area contributed by atoms with Crippen LogP contribution in [0.25, 0.3) is 0 Å². The summed E-state index contributed by atoms with van der Waals surface area (Å²) >= 11 is 0. The first kappa shape index (κ1) is 17.9. The molecule has 2 saturated heterocycles. The number of carbonyl (C=O) groups is 2. The van der Waals surface area contributed by atoms with Crippen LogP contribution in [0.5, 0.6) is 0 Å². The molecule has 0 aliphatic carbocycles. The summed E-state index contributed by atoms with van der Waals surface area (Å²) < 4.78 is 0. The van der Waals surface area contributed by atoms with Crippen LogP contribution >= 0.6 is 0 Å². The van der Waals surface area contributed by atoms with Crippen LogP contribution < -0.4 is 5.32 Å². The van der Waals surface area contributed by atoms with Gasteiger partial charge in [-0.15, -0.1) is 0 Å². The molecule has 3 rings (SSSR count). The number of benzene rings is 1. The molecule has 1 aromatic rings. The fourth-order valence-electron chi connectivity index (χ4n) is 3.50. The van der Waals surface area contributed by atoms with Gasteiger partial charge in [0.25, 0.3) is 0 Å². The lowest BCUT2D eigenvalue weighted by atomic mass is 10.1. The van der Waals surface area contributed by atoms with Crippen LogP contribution in [0.3, 0.4) is 0 Å². The molecule has 6 nitrogen and oxygen atoms in total. The van der Waals surface area contributed by atoms with Crippen LogP contribution in [0.1, 0.15) is 17.5 Å². The number of rotatable bonds is 5. The summed E-state index contributed by atoms with van der Waals surface area (Å²) in [6, 6.07) is 8.30. The Balaban J connectivity index is 1.56. The number of hydrogen-bond acceptors (Lipinski definition) is 4. The van der Waals surface area contributed by atoms with Gasteiger partial charge in [-0.1, -0.05) is 24.3 Å². The highest BCUT2D eigenvalue weighted by Gasteiger charge is 2.31. The number of nitrogens with zero attached hydrogens (tertiary/aromatic N) is 3. The number of likely N-dealkylation sites (N-methyl/N-ethyl adjacent to an activating group) is 1. The third-order valence-corrected chi connectivity index (χ3v) is 5.27. The monoisotopic (exact) mass is 344 g/mol. The molecule has 136 valence electrons. The van der Waals surface area contributed by atoms with Gasteiger partial charge in [0, 0.05) is 59.3 Å². The zero-order valence-electron chi connectivity index (χ0n) is 15.2. The van der Waals surface area contributed by atoms with Crippen molar-refractivity contribution in [2.75, 3.05) is 46.8 Å². The van der Waals surface area contributed by atoms with E-state index in [0.717, 1.165) is 38.3 Å². The van der Waals surface area contributed by atoms with E-state index in [0.29, 0.717) is 19.5 Å². The van der Waals surface area contributed by atoms with Gasteiger partial charge >= 0.3 is 0 Å². The zero-order chi connectivity index (χ0) is 17.8. The van der Waals surface area contributed by atoms with Gasteiger partial charge in [-0.05, 0) is 18.2 Å². The van der Waals surface area contributed by atoms with Gasteiger partial charge in [0.1, 0.15) is 0 Å². The van der Waals surface area contributed by atoms with Crippen LogP contribution in [-0.4, -0.2) is 73.3 Å². The molecule has 0 spiro atoms. The molecule has 25 heavy (non-hydrogen) atoms. The Morgan fingerprint density at radius 1 is 1.12 bits per heavy atom. The van der Waals surface area contributed by atoms with Gasteiger partial charge in [-0.2, -0.15) is 0 Å². The molecule has 1 atom stereocenters. The molecule has 2 aliphatic rings. The molecular weight excluding hydrogens is 316 g/mol. The van der Waals surface area contributed by atoms with Crippen molar-refractivity contribution in [3.05, 3.63) is 35.4 Å². The number of likely N-dealkylation sites (tertiary alicyclic amines) is 1. The molecule has 0 unspecified atom stereocenters. The van der Waals surface area contributed by atoms with E-state index in [4.69, 9.17) is 0 Å². The van der Waals surface area contributed by atoms with Crippen molar-refractivity contribution < 1.29 is 9.59 Å². The summed E-state index contributed by atoms with van der Waals surface area (Å²) in [6.07, 6.45) is 0.325. The predicted octanol–water partition coefficient (Wildman–Crippen LogP) is 0.529. The maximum Gasteiger partial charge on any atom is 0.225 e. The Morgan fingerprint density at radius 3 is 2.44 bits per heavy atom. The first-order valence-electron chi connectivity index (χ1n) is 9.02. The second kappa shape index (κ2) is 7.97. The van der Waals surface area contributed by atoms with Gasteiger partial charge in [0.15, 0.2) is 0 Å². The average molecular weight is 344 g/mol. The lowest BCUT2D eigenvalue weighted by molar-refractivity contribution is -0.128. The SMILES string of the molecule is CN1CCN(Cc2ccccc2CNC(=O)[C@@H]2CC(=O)N(C)C2)CC1. The van der Waals surface area contributed by atoms with Crippen LogP contribution in [-0.2, 0) is 22.7 Å². The number of carbonyl (C=O) groups excluding carboxylic acids is 2. The van der Waals surface area contributed by atoms with Crippen molar-refractivity contribution in [2.24, 2.45) is 5.92 Å². The first-order chi connectivity index (χ1) is 12.0. The molecule has 2 fully saturated rings. The lowest BCUT2D eigenvalue weighted by Gasteiger charge is -2.32. The number of amides is 2. The van der Waals surface area contributed by atoms with Crippen molar-refractivity contribution in [1.82, 2.24) is 20.0 Å². The number of hydrogen-bond donors (Lipinski definition) is 1. The van der Waals surface area contributed by atoms with Gasteiger partial charge < -0.3 is 15.1 Å². The third kappa shape index (κ3) is 4.58. The van der Waals surface area contributed by atoms with Crippen LogP contribution in [0, 0.1) is 5.92 Å². The maximum atomic E-state index is 12.3. The standard InChI is InChI=1S/C19H28N4O2/c1-21-7-9-23(10-8-21)14-16-6-4-3-5-15(16)12-20-19(25)17-11-18(24)22(2)13-17/h3-6,17H,7-14H2,1-2H3,(H,20,25)/t17-/m1/s1. The molecule has 0 saturated carbocycles. The van der Waals surface area contributed by atoms with Crippen molar-refractivity contribution >= 4 is 11.8 Å². The lowest BCUT2D eigenvalue weighted by Crippen LogP contribution is -2.44. The van der Waals surface area contributed by atoms with E-state index in [2.05, 4.69) is 40.4 Å². The topological polar surface area (TPSA) is 55.9 Å². The fourth-order valence-corrected chi connectivity index (χ4v) is 3.50. The maximum absolute atomic E-state index is 12.3. The Bertz CT molecular complexity index is 626. The van der Waals surface area contributed by atoms with Gasteiger partial charge in [0.05, 0.1) is 5.92 Å². The molecule has 2 amide bonds. The largest absolute Gasteiger partial charge is 0.352 e. The van der Waals surface area contributed by atoms with Crippen molar-refractivity contribution in [3.8, 4) is 0 Å². The normalized spacial score (nSPS) is 22.4. The predicted molar refractivity (Wildman–Crippen MR) is 96.8 cm³/mol. The van der Waals surface area contributed by atoms with Crippen molar-refractivity contribution in [1.29, 1.82) is 0 Å². The Hall–Kier alpha value is -1.92. The second-order valence-corrected chi connectivity index (χ2v) is 7.24. The summed E-state index contributed by atoms with van der Waals surface area (Å²) in [5.41, 5.74) is 2.43. The van der Waals surface area contributed by atoms with Crippen LogP contribution in [0.4, 0.5) is 0 Å². The number of nitrogens with one attached hydrogen (secondary N) is 1. The minimum Gasteiger partial charge on any atom is -0.352 e. The minimum atomic E-state index is -0.220. The Kier molecular flexibility index (Phi) is 5.71. The molecule has 0 bridgehead atoms. The van der Waals surface area contributed by atoms with E-state index in [1.165, 1.54) is 5.56 Å². The highest BCUT2D eigenvalue weighted by Crippen LogP contribution is 2.17. The third-order valence-electron chi connectivity index (χ3n) is 5.27. The number of piperazine rings is 1. The Labute approximate surface area is 149 Å². The molecule has 2 heterocycles. The van der Waals surface area contributed by atoms with E-state index in [-0.39, 0.29) is 17.7 Å². The molecular formula is C19H28N4O2. The quantitative estimate of drug-likeness (QED) is 0.847. The van der Waals surface area contributed by atoms with E-state index in [1.54, 1.807) is 11.9 Å². The van der Waals surface area contributed by atoms with Gasteiger partial charge in [-0.3, -0.25) is 14.5 Å². The summed E-state index contributed by atoms with van der Waals surface area (Å²) in [7, 11) is 3.91. The first-order valence-corrected chi connectivity index (χ1v) is 9.02. The molecule has 1 aromatic carbocycles. The van der Waals surface area contributed by atoms with E-state index in [9.17, 15) is 9.59 Å². The molecule has 0 aromatic heterocycles. The van der Waals surface area contributed by atoms with Crippen molar-refractivity contribution in [2.45, 2.75) is 19.5 Å². The summed E-state index contributed by atoms with van der Waals surface area (Å²) in [4.78, 5) is 30.4. The summed E-state index contributed by atoms with van der Waals surface area (Å²) in [5, 5.41) is 3.02. The van der Waals surface area contributed by atoms with Crippen molar-refractivity contribution in [3.63, 3.8) is 0 Å². The van der Waals surface area contributed by atoms with Gasteiger partial charge in [-0.25, -0.2) is 0 Å². The van der Waals surface area contributed by atoms with E-state index >= 15 is 0 Å². The molecule has 2 aliphatic heterocycles. The summed E-state index contributed by atoms with van der Waals surface area (Å²) in [5.74, 6) is -0.190. The molecule has 0 radical (unpaired) electrons. The zero-order valence-corrected chi connectivity index (χ0v) is 15.2. The molecule has 1 N–H and O–H groups in total. The van der Waals surface area contributed by atoms with Gasteiger partial charge in [0.2, 0.25) is 11.8 Å². The second-order valence-electron chi connectivity index (χ2n) is 7.24. The van der Waals surface area contributed by atoms with Crippen LogP contribution in [0.15, 0.2) is 24.3 Å². The minimum absolute atomic E-state index is 0.0212. The van der Waals surface area contributed by atoms with E-state index < -0.39 is 0 Å². The Morgan fingerprint density at radius 2 is 1.80 bits per heavy atom. The summed E-state index contributed by atoms with van der Waals surface area (Å²) in [6.45, 7) is 6.32. The fraction of sp³-hybridized carbons (Fsp3) is 0.579. The highest BCUT2D eigenvalue weighted by molar-refractivity contribution is 5.89.